The van der Waals surface area contributed by atoms with Gasteiger partial charge in [0.05, 0.1) is 11.7 Å². The standard InChI is InChI=1S/C16H20FN3O/c1-9(2)13-14(12-7-10(3)8-18-15(12)17)19-20-6-5-11(4)21-16(13)20/h7-9,11H,5-6H2,1-4H3/t11-/m1/s1. The number of pyridine rings is 1. The Balaban J connectivity index is 2.21. The van der Waals surface area contributed by atoms with E-state index >= 15 is 0 Å². The van der Waals surface area contributed by atoms with E-state index in [2.05, 4.69) is 30.9 Å². The summed E-state index contributed by atoms with van der Waals surface area (Å²) in [6.07, 6.45) is 2.61. The molecule has 0 unspecified atom stereocenters. The molecule has 3 rings (SSSR count). The molecule has 5 heteroatoms. The molecule has 0 saturated heterocycles. The van der Waals surface area contributed by atoms with Gasteiger partial charge < -0.3 is 4.74 Å². The van der Waals surface area contributed by atoms with E-state index in [1.165, 1.54) is 6.20 Å². The fourth-order valence-electron chi connectivity index (χ4n) is 2.73. The van der Waals surface area contributed by atoms with Crippen LogP contribution in [0.1, 0.15) is 44.2 Å². The minimum Gasteiger partial charge on any atom is -0.475 e. The van der Waals surface area contributed by atoms with Gasteiger partial charge in [-0.1, -0.05) is 13.8 Å². The first-order valence-electron chi connectivity index (χ1n) is 7.37. The molecule has 21 heavy (non-hydrogen) atoms. The number of rotatable bonds is 2. The predicted octanol–water partition coefficient (Wildman–Crippen LogP) is 3.69. The number of hydrogen-bond donors (Lipinski definition) is 0. The smallest absolute Gasteiger partial charge is 0.222 e. The molecule has 4 nitrogen and oxygen atoms in total. The van der Waals surface area contributed by atoms with Gasteiger partial charge in [0.1, 0.15) is 5.69 Å². The van der Waals surface area contributed by atoms with Gasteiger partial charge in [0, 0.05) is 24.7 Å². The van der Waals surface area contributed by atoms with Crippen LogP contribution in [0, 0.1) is 12.9 Å². The van der Waals surface area contributed by atoms with Gasteiger partial charge in [-0.15, -0.1) is 0 Å². The Kier molecular flexibility index (Phi) is 3.43. The van der Waals surface area contributed by atoms with Gasteiger partial charge in [-0.2, -0.15) is 9.49 Å². The molecule has 1 aliphatic rings. The molecule has 0 radical (unpaired) electrons. The topological polar surface area (TPSA) is 39.9 Å². The van der Waals surface area contributed by atoms with E-state index in [-0.39, 0.29) is 12.0 Å². The monoisotopic (exact) mass is 289 g/mol. The van der Waals surface area contributed by atoms with Gasteiger partial charge >= 0.3 is 0 Å². The van der Waals surface area contributed by atoms with Crippen LogP contribution in [0.2, 0.25) is 0 Å². The zero-order chi connectivity index (χ0) is 15.1. The molecule has 112 valence electrons. The molecule has 0 N–H and O–H groups in total. The van der Waals surface area contributed by atoms with Crippen LogP contribution in [0.3, 0.4) is 0 Å². The average Bonchev–Trinajstić information content (AvgIpc) is 2.79. The number of fused-ring (bicyclic) bond motifs is 1. The van der Waals surface area contributed by atoms with E-state index in [0.717, 1.165) is 30.0 Å². The summed E-state index contributed by atoms with van der Waals surface area (Å²) < 4.78 is 21.9. The second-order valence-electron chi connectivity index (χ2n) is 6.01. The summed E-state index contributed by atoms with van der Waals surface area (Å²) in [4.78, 5) is 3.82. The van der Waals surface area contributed by atoms with Crippen molar-refractivity contribution in [3.63, 3.8) is 0 Å². The third kappa shape index (κ3) is 2.41. The first-order valence-corrected chi connectivity index (χ1v) is 7.37. The highest BCUT2D eigenvalue weighted by molar-refractivity contribution is 5.66. The molecular formula is C16H20FN3O. The van der Waals surface area contributed by atoms with E-state index in [1.807, 2.05) is 11.6 Å². The van der Waals surface area contributed by atoms with Crippen molar-refractivity contribution in [1.29, 1.82) is 0 Å². The number of aryl methyl sites for hydroxylation is 2. The van der Waals surface area contributed by atoms with E-state index in [9.17, 15) is 4.39 Å². The minimum absolute atomic E-state index is 0.167. The first kappa shape index (κ1) is 14.0. The zero-order valence-corrected chi connectivity index (χ0v) is 12.9. The molecule has 0 amide bonds. The maximum Gasteiger partial charge on any atom is 0.222 e. The molecule has 0 spiro atoms. The van der Waals surface area contributed by atoms with E-state index in [4.69, 9.17) is 4.74 Å². The Bertz CT molecular complexity index is 678. The van der Waals surface area contributed by atoms with E-state index in [1.54, 1.807) is 6.07 Å². The van der Waals surface area contributed by atoms with Crippen molar-refractivity contribution in [2.24, 2.45) is 0 Å². The maximum absolute atomic E-state index is 14.1. The highest BCUT2D eigenvalue weighted by atomic mass is 19.1. The Morgan fingerprint density at radius 3 is 2.90 bits per heavy atom. The largest absolute Gasteiger partial charge is 0.475 e. The average molecular weight is 289 g/mol. The molecule has 1 aliphatic heterocycles. The van der Waals surface area contributed by atoms with Crippen LogP contribution in [0.4, 0.5) is 4.39 Å². The van der Waals surface area contributed by atoms with Crippen LogP contribution >= 0.6 is 0 Å². The first-order chi connectivity index (χ1) is 9.97. The van der Waals surface area contributed by atoms with Crippen LogP contribution in [-0.4, -0.2) is 20.9 Å². The molecule has 2 aromatic heterocycles. The Labute approximate surface area is 124 Å². The van der Waals surface area contributed by atoms with Crippen molar-refractivity contribution in [1.82, 2.24) is 14.8 Å². The lowest BCUT2D eigenvalue weighted by Crippen LogP contribution is -2.23. The van der Waals surface area contributed by atoms with Gasteiger partial charge in [-0.25, -0.2) is 9.67 Å². The number of nitrogens with zero attached hydrogens (tertiary/aromatic N) is 3. The molecule has 3 heterocycles. The quantitative estimate of drug-likeness (QED) is 0.792. The SMILES string of the molecule is Cc1cnc(F)c(-c2nn3c(c2C(C)C)O[C@H](C)CC3)c1. The van der Waals surface area contributed by atoms with Gasteiger partial charge in [-0.3, -0.25) is 0 Å². The summed E-state index contributed by atoms with van der Waals surface area (Å²) in [6.45, 7) is 8.90. The van der Waals surface area contributed by atoms with Crippen LogP contribution in [0.5, 0.6) is 5.88 Å². The molecule has 1 atom stereocenters. The summed E-state index contributed by atoms with van der Waals surface area (Å²) in [5.74, 6) is 0.500. The Morgan fingerprint density at radius 2 is 2.19 bits per heavy atom. The van der Waals surface area contributed by atoms with Gasteiger partial charge in [0.2, 0.25) is 11.8 Å². The number of halogens is 1. The third-order valence-corrected chi connectivity index (χ3v) is 3.81. The van der Waals surface area contributed by atoms with Crippen molar-refractivity contribution < 1.29 is 9.13 Å². The molecule has 0 bridgehead atoms. The van der Waals surface area contributed by atoms with Crippen LogP contribution in [0.25, 0.3) is 11.3 Å². The molecule has 0 saturated carbocycles. The fraction of sp³-hybridized carbons (Fsp3) is 0.500. The molecule has 0 fully saturated rings. The Morgan fingerprint density at radius 1 is 1.43 bits per heavy atom. The highest BCUT2D eigenvalue weighted by Crippen LogP contribution is 2.39. The van der Waals surface area contributed by atoms with Crippen LogP contribution in [0.15, 0.2) is 12.3 Å². The summed E-state index contributed by atoms with van der Waals surface area (Å²) in [6, 6.07) is 1.80. The molecule has 0 aliphatic carbocycles. The van der Waals surface area contributed by atoms with Crippen LogP contribution in [-0.2, 0) is 6.54 Å². The maximum atomic E-state index is 14.1. The number of ether oxygens (including phenoxy) is 1. The lowest BCUT2D eigenvalue weighted by atomic mass is 9.99. The number of hydrogen-bond acceptors (Lipinski definition) is 3. The number of aromatic nitrogens is 3. The van der Waals surface area contributed by atoms with Gasteiger partial charge in [0.15, 0.2) is 0 Å². The normalized spacial score (nSPS) is 17.7. The zero-order valence-electron chi connectivity index (χ0n) is 12.9. The van der Waals surface area contributed by atoms with Crippen LogP contribution < -0.4 is 4.74 Å². The molecule has 0 aromatic carbocycles. The van der Waals surface area contributed by atoms with Crippen molar-refractivity contribution >= 4 is 0 Å². The lowest BCUT2D eigenvalue weighted by Gasteiger charge is -2.23. The van der Waals surface area contributed by atoms with E-state index < -0.39 is 5.95 Å². The van der Waals surface area contributed by atoms with Gasteiger partial charge in [0.25, 0.3) is 0 Å². The van der Waals surface area contributed by atoms with Gasteiger partial charge in [-0.05, 0) is 31.4 Å². The molecule has 2 aromatic rings. The van der Waals surface area contributed by atoms with Crippen molar-refractivity contribution in [2.75, 3.05) is 0 Å². The minimum atomic E-state index is -0.481. The summed E-state index contributed by atoms with van der Waals surface area (Å²) in [5.41, 5.74) is 2.99. The summed E-state index contributed by atoms with van der Waals surface area (Å²) in [7, 11) is 0. The summed E-state index contributed by atoms with van der Waals surface area (Å²) >= 11 is 0. The summed E-state index contributed by atoms with van der Waals surface area (Å²) in [5, 5.41) is 4.59. The predicted molar refractivity (Wildman–Crippen MR) is 78.9 cm³/mol. The molecular weight excluding hydrogens is 269 g/mol. The second kappa shape index (κ2) is 5.13. The van der Waals surface area contributed by atoms with Crippen molar-refractivity contribution in [3.05, 3.63) is 29.3 Å². The van der Waals surface area contributed by atoms with Crippen molar-refractivity contribution in [3.8, 4) is 17.1 Å². The highest BCUT2D eigenvalue weighted by Gasteiger charge is 2.28. The third-order valence-electron chi connectivity index (χ3n) is 3.81. The Hall–Kier alpha value is -1.91. The fourth-order valence-corrected chi connectivity index (χ4v) is 2.73. The lowest BCUT2D eigenvalue weighted by molar-refractivity contribution is 0.147. The van der Waals surface area contributed by atoms with Crippen molar-refractivity contribution in [2.45, 2.75) is 52.7 Å². The second-order valence-corrected chi connectivity index (χ2v) is 6.01. The van der Waals surface area contributed by atoms with E-state index in [0.29, 0.717) is 11.3 Å².